The van der Waals surface area contributed by atoms with E-state index in [9.17, 15) is 9.59 Å². The van der Waals surface area contributed by atoms with E-state index in [4.69, 9.17) is 14.9 Å². The molecule has 2 N–H and O–H groups in total. The van der Waals surface area contributed by atoms with E-state index in [0.717, 1.165) is 5.57 Å². The van der Waals surface area contributed by atoms with Gasteiger partial charge in [-0.2, -0.15) is 0 Å². The number of carboxylic acid groups (broad SMARTS) is 2. The molecule has 0 saturated carbocycles. The SMILES string of the molecule is CC(C)=COCC(CC(=O)O)C(=O)O. The number of aliphatic carboxylic acids is 2. The molecule has 0 rings (SSSR count). The number of carbonyl (C=O) groups is 2. The highest BCUT2D eigenvalue weighted by molar-refractivity contribution is 5.77. The summed E-state index contributed by atoms with van der Waals surface area (Å²) in [7, 11) is 0. The van der Waals surface area contributed by atoms with Crippen LogP contribution in [0.25, 0.3) is 0 Å². The first-order valence-corrected chi connectivity index (χ1v) is 4.13. The van der Waals surface area contributed by atoms with Crippen molar-refractivity contribution in [1.29, 1.82) is 0 Å². The third kappa shape index (κ3) is 6.05. The molecule has 0 aliphatic heterocycles. The van der Waals surface area contributed by atoms with Gasteiger partial charge in [0, 0.05) is 0 Å². The van der Waals surface area contributed by atoms with Crippen LogP contribution >= 0.6 is 0 Å². The summed E-state index contributed by atoms with van der Waals surface area (Å²) in [4.78, 5) is 20.8. The van der Waals surface area contributed by atoms with Gasteiger partial charge in [-0.15, -0.1) is 0 Å². The molecule has 0 fully saturated rings. The third-order valence-electron chi connectivity index (χ3n) is 1.39. The molecule has 0 aliphatic carbocycles. The summed E-state index contributed by atoms with van der Waals surface area (Å²) in [6, 6.07) is 0. The first-order chi connectivity index (χ1) is 6.43. The topological polar surface area (TPSA) is 83.8 Å². The first kappa shape index (κ1) is 12.5. The van der Waals surface area contributed by atoms with Gasteiger partial charge in [0.15, 0.2) is 0 Å². The van der Waals surface area contributed by atoms with Gasteiger partial charge in [-0.3, -0.25) is 9.59 Å². The van der Waals surface area contributed by atoms with Gasteiger partial charge in [-0.25, -0.2) is 0 Å². The Morgan fingerprint density at radius 1 is 1.36 bits per heavy atom. The lowest BCUT2D eigenvalue weighted by Gasteiger charge is -2.08. The minimum atomic E-state index is -1.16. The summed E-state index contributed by atoms with van der Waals surface area (Å²) in [6.45, 7) is 3.48. The van der Waals surface area contributed by atoms with Crippen LogP contribution in [0.5, 0.6) is 0 Å². The zero-order valence-electron chi connectivity index (χ0n) is 8.19. The molecule has 1 unspecified atom stereocenters. The molecule has 0 aromatic carbocycles. The van der Waals surface area contributed by atoms with Crippen LogP contribution in [0.1, 0.15) is 20.3 Å². The van der Waals surface area contributed by atoms with Crippen molar-refractivity contribution < 1.29 is 24.5 Å². The standard InChI is InChI=1S/C9H14O5/c1-6(2)4-14-5-7(9(12)13)3-8(10)11/h4,7H,3,5H2,1-2H3,(H,10,11)(H,12,13). The maximum absolute atomic E-state index is 10.5. The molecule has 1 atom stereocenters. The first-order valence-electron chi connectivity index (χ1n) is 4.13. The Kier molecular flexibility index (Phi) is 5.36. The van der Waals surface area contributed by atoms with Crippen LogP contribution < -0.4 is 0 Å². The van der Waals surface area contributed by atoms with E-state index in [2.05, 4.69) is 0 Å². The second kappa shape index (κ2) is 6.01. The number of carboxylic acids is 2. The maximum atomic E-state index is 10.5. The van der Waals surface area contributed by atoms with E-state index in [0.29, 0.717) is 0 Å². The minimum Gasteiger partial charge on any atom is -0.500 e. The van der Waals surface area contributed by atoms with Crippen molar-refractivity contribution in [3.05, 3.63) is 11.8 Å². The molecule has 0 aromatic heterocycles. The molecule has 5 heteroatoms. The largest absolute Gasteiger partial charge is 0.500 e. The average Bonchev–Trinajstić information content (AvgIpc) is 2.00. The summed E-state index contributed by atoms with van der Waals surface area (Å²) in [5, 5.41) is 17.0. The van der Waals surface area contributed by atoms with Crippen molar-refractivity contribution in [3.63, 3.8) is 0 Å². The molecular weight excluding hydrogens is 188 g/mol. The quantitative estimate of drug-likeness (QED) is 0.630. The highest BCUT2D eigenvalue weighted by atomic mass is 16.5. The predicted octanol–water partition coefficient (Wildman–Crippen LogP) is 1.10. The predicted molar refractivity (Wildman–Crippen MR) is 48.8 cm³/mol. The molecular formula is C9H14O5. The highest BCUT2D eigenvalue weighted by Crippen LogP contribution is 2.05. The Morgan fingerprint density at radius 2 is 1.93 bits per heavy atom. The number of rotatable bonds is 6. The molecule has 80 valence electrons. The van der Waals surface area contributed by atoms with Gasteiger partial charge in [0.25, 0.3) is 0 Å². The fourth-order valence-electron chi connectivity index (χ4n) is 0.759. The van der Waals surface area contributed by atoms with Gasteiger partial charge in [0.2, 0.25) is 0 Å². The molecule has 0 amide bonds. The Bertz CT molecular complexity index is 240. The number of hydrogen-bond acceptors (Lipinski definition) is 3. The van der Waals surface area contributed by atoms with Gasteiger partial charge in [0.1, 0.15) is 12.5 Å². The van der Waals surface area contributed by atoms with Gasteiger partial charge in [-0.05, 0) is 19.4 Å². The maximum Gasteiger partial charge on any atom is 0.310 e. The van der Waals surface area contributed by atoms with Crippen LogP contribution in [0.4, 0.5) is 0 Å². The summed E-state index contributed by atoms with van der Waals surface area (Å²) < 4.78 is 4.91. The van der Waals surface area contributed by atoms with Crippen molar-refractivity contribution in [1.82, 2.24) is 0 Å². The lowest BCUT2D eigenvalue weighted by atomic mass is 10.1. The normalized spacial score (nSPS) is 11.6. The minimum absolute atomic E-state index is 0.118. The second-order valence-electron chi connectivity index (χ2n) is 3.16. The van der Waals surface area contributed by atoms with Crippen molar-refractivity contribution in [3.8, 4) is 0 Å². The zero-order chi connectivity index (χ0) is 11.1. The molecule has 0 heterocycles. The Hall–Kier alpha value is -1.52. The van der Waals surface area contributed by atoms with Crippen molar-refractivity contribution in [2.24, 2.45) is 5.92 Å². The number of ether oxygens (including phenoxy) is 1. The fraction of sp³-hybridized carbons (Fsp3) is 0.556. The van der Waals surface area contributed by atoms with Crippen molar-refractivity contribution in [2.75, 3.05) is 6.61 Å². The van der Waals surface area contributed by atoms with Crippen LogP contribution in [0.15, 0.2) is 11.8 Å². The molecule has 5 nitrogen and oxygen atoms in total. The lowest BCUT2D eigenvalue weighted by molar-refractivity contribution is -0.149. The van der Waals surface area contributed by atoms with E-state index in [-0.39, 0.29) is 6.61 Å². The average molecular weight is 202 g/mol. The molecule has 0 aliphatic rings. The Balaban J connectivity index is 4.04. The smallest absolute Gasteiger partial charge is 0.310 e. The van der Waals surface area contributed by atoms with Crippen molar-refractivity contribution >= 4 is 11.9 Å². The van der Waals surface area contributed by atoms with Crippen LogP contribution in [-0.4, -0.2) is 28.8 Å². The molecule has 0 aromatic rings. The van der Waals surface area contributed by atoms with E-state index in [1.54, 1.807) is 13.8 Å². The van der Waals surface area contributed by atoms with Gasteiger partial charge >= 0.3 is 11.9 Å². The summed E-state index contributed by atoms with van der Waals surface area (Å²) >= 11 is 0. The summed E-state index contributed by atoms with van der Waals surface area (Å²) in [6.07, 6.45) is 0.990. The van der Waals surface area contributed by atoms with Gasteiger partial charge in [0.05, 0.1) is 12.7 Å². The van der Waals surface area contributed by atoms with E-state index in [1.165, 1.54) is 6.26 Å². The number of allylic oxidation sites excluding steroid dienone is 1. The van der Waals surface area contributed by atoms with E-state index < -0.39 is 24.3 Å². The monoisotopic (exact) mass is 202 g/mol. The molecule has 14 heavy (non-hydrogen) atoms. The summed E-state index contributed by atoms with van der Waals surface area (Å²) in [5.41, 5.74) is 0.893. The van der Waals surface area contributed by atoms with Crippen LogP contribution in [-0.2, 0) is 14.3 Å². The van der Waals surface area contributed by atoms with Gasteiger partial charge < -0.3 is 14.9 Å². The molecule has 0 saturated heterocycles. The zero-order valence-corrected chi connectivity index (χ0v) is 8.19. The molecule has 0 spiro atoms. The van der Waals surface area contributed by atoms with Crippen LogP contribution in [0.2, 0.25) is 0 Å². The fourth-order valence-corrected chi connectivity index (χ4v) is 0.759. The summed E-state index contributed by atoms with van der Waals surface area (Å²) in [5.74, 6) is -3.30. The van der Waals surface area contributed by atoms with Crippen LogP contribution in [0.3, 0.4) is 0 Å². The Morgan fingerprint density at radius 3 is 2.29 bits per heavy atom. The van der Waals surface area contributed by atoms with E-state index >= 15 is 0 Å². The molecule has 0 bridgehead atoms. The third-order valence-corrected chi connectivity index (χ3v) is 1.39. The second-order valence-corrected chi connectivity index (χ2v) is 3.16. The lowest BCUT2D eigenvalue weighted by Crippen LogP contribution is -2.22. The van der Waals surface area contributed by atoms with Gasteiger partial charge in [-0.1, -0.05) is 0 Å². The van der Waals surface area contributed by atoms with Crippen LogP contribution in [0, 0.1) is 5.92 Å². The number of hydrogen-bond donors (Lipinski definition) is 2. The highest BCUT2D eigenvalue weighted by Gasteiger charge is 2.21. The molecule has 0 radical (unpaired) electrons. The van der Waals surface area contributed by atoms with Crippen molar-refractivity contribution in [2.45, 2.75) is 20.3 Å². The van der Waals surface area contributed by atoms with E-state index in [1.807, 2.05) is 0 Å². The Labute approximate surface area is 82.0 Å².